The molecular formula is C22H21N5O. The van der Waals surface area contributed by atoms with Gasteiger partial charge >= 0.3 is 0 Å². The standard InChI is InChI=1S/C22H21N5O/c1-12(2)21-16-8-14(4-7-19(16)25-26-21)15-5-6-18(24)20-17(15)11-27(22(20)28)10-13(3)9-23/h4-8,12H,3,10-11,24H2,1-2H3,(H,25,26). The van der Waals surface area contributed by atoms with Crippen molar-refractivity contribution in [2.45, 2.75) is 26.3 Å². The Morgan fingerprint density at radius 3 is 2.89 bits per heavy atom. The first-order valence-electron chi connectivity index (χ1n) is 9.17. The van der Waals surface area contributed by atoms with Crippen LogP contribution in [0.3, 0.4) is 0 Å². The van der Waals surface area contributed by atoms with Gasteiger partial charge in [0.25, 0.3) is 5.91 Å². The highest BCUT2D eigenvalue weighted by molar-refractivity contribution is 6.05. The summed E-state index contributed by atoms with van der Waals surface area (Å²) in [5.41, 5.74) is 12.3. The van der Waals surface area contributed by atoms with Gasteiger partial charge in [-0.05, 0) is 40.8 Å². The second-order valence-electron chi connectivity index (χ2n) is 7.46. The van der Waals surface area contributed by atoms with Crippen LogP contribution in [0.4, 0.5) is 5.69 Å². The predicted octanol–water partition coefficient (Wildman–Crippen LogP) is 3.97. The summed E-state index contributed by atoms with van der Waals surface area (Å²) in [6, 6.07) is 11.9. The van der Waals surface area contributed by atoms with E-state index in [9.17, 15) is 4.79 Å². The minimum Gasteiger partial charge on any atom is -0.398 e. The molecule has 2 aromatic carbocycles. The number of hydrogen-bond acceptors (Lipinski definition) is 4. The van der Waals surface area contributed by atoms with Crippen molar-refractivity contribution in [2.24, 2.45) is 0 Å². The quantitative estimate of drug-likeness (QED) is 0.535. The van der Waals surface area contributed by atoms with E-state index in [-0.39, 0.29) is 12.5 Å². The molecule has 2 heterocycles. The normalized spacial score (nSPS) is 13.2. The van der Waals surface area contributed by atoms with Crippen molar-refractivity contribution in [3.8, 4) is 17.2 Å². The van der Waals surface area contributed by atoms with Crippen LogP contribution in [0.5, 0.6) is 0 Å². The number of carbonyl (C=O) groups is 1. The van der Waals surface area contributed by atoms with Gasteiger partial charge in [0.15, 0.2) is 0 Å². The molecule has 0 fully saturated rings. The maximum atomic E-state index is 12.8. The topological polar surface area (TPSA) is 98.8 Å². The fourth-order valence-corrected chi connectivity index (χ4v) is 3.81. The number of aromatic nitrogens is 2. The Kier molecular flexibility index (Phi) is 4.16. The number of anilines is 1. The van der Waals surface area contributed by atoms with Crippen LogP contribution in [0.2, 0.25) is 0 Å². The molecule has 6 heteroatoms. The van der Waals surface area contributed by atoms with Gasteiger partial charge in [-0.15, -0.1) is 0 Å². The number of nitrogens with zero attached hydrogens (tertiary/aromatic N) is 3. The minimum atomic E-state index is -0.155. The highest BCUT2D eigenvalue weighted by atomic mass is 16.2. The third kappa shape index (κ3) is 2.72. The van der Waals surface area contributed by atoms with Gasteiger partial charge < -0.3 is 10.6 Å². The summed E-state index contributed by atoms with van der Waals surface area (Å²) in [6.45, 7) is 8.54. The number of fused-ring (bicyclic) bond motifs is 2. The molecule has 3 aromatic rings. The molecule has 0 aliphatic carbocycles. The minimum absolute atomic E-state index is 0.155. The molecule has 0 radical (unpaired) electrons. The molecule has 140 valence electrons. The second kappa shape index (κ2) is 6.54. The van der Waals surface area contributed by atoms with Crippen LogP contribution < -0.4 is 5.73 Å². The van der Waals surface area contributed by atoms with Gasteiger partial charge in [0.2, 0.25) is 0 Å². The Balaban J connectivity index is 1.83. The van der Waals surface area contributed by atoms with Crippen LogP contribution >= 0.6 is 0 Å². The number of H-pyrrole nitrogens is 1. The molecule has 0 unspecified atom stereocenters. The summed E-state index contributed by atoms with van der Waals surface area (Å²) < 4.78 is 0. The number of aromatic amines is 1. The highest BCUT2D eigenvalue weighted by Gasteiger charge is 2.32. The van der Waals surface area contributed by atoms with Crippen molar-refractivity contribution in [2.75, 3.05) is 12.3 Å². The molecule has 6 nitrogen and oxygen atoms in total. The van der Waals surface area contributed by atoms with Crippen LogP contribution in [0.25, 0.3) is 22.0 Å². The van der Waals surface area contributed by atoms with Crippen LogP contribution in [0.15, 0.2) is 42.5 Å². The molecule has 1 aliphatic heterocycles. The lowest BCUT2D eigenvalue weighted by Gasteiger charge is -2.14. The number of carbonyl (C=O) groups excluding carboxylic acids is 1. The second-order valence-corrected chi connectivity index (χ2v) is 7.46. The van der Waals surface area contributed by atoms with E-state index in [0.717, 1.165) is 33.3 Å². The lowest BCUT2D eigenvalue weighted by molar-refractivity contribution is 0.0794. The molecule has 1 amide bonds. The fraction of sp³-hybridized carbons (Fsp3) is 0.227. The van der Waals surface area contributed by atoms with Gasteiger partial charge in [0, 0.05) is 23.2 Å². The first kappa shape index (κ1) is 17.8. The zero-order valence-corrected chi connectivity index (χ0v) is 15.9. The molecule has 1 aliphatic rings. The van der Waals surface area contributed by atoms with E-state index in [1.54, 1.807) is 11.0 Å². The van der Waals surface area contributed by atoms with Gasteiger partial charge in [0.05, 0.1) is 29.4 Å². The maximum Gasteiger partial charge on any atom is 0.256 e. The average Bonchev–Trinajstić information content (AvgIpc) is 3.23. The Labute approximate surface area is 163 Å². The van der Waals surface area contributed by atoms with Crippen molar-refractivity contribution < 1.29 is 4.79 Å². The molecule has 28 heavy (non-hydrogen) atoms. The number of nitrogens with one attached hydrogen (secondary N) is 1. The predicted molar refractivity (Wildman–Crippen MR) is 110 cm³/mol. The van der Waals surface area contributed by atoms with Crippen molar-refractivity contribution in [1.82, 2.24) is 15.1 Å². The lowest BCUT2D eigenvalue weighted by atomic mass is 9.94. The highest BCUT2D eigenvalue weighted by Crippen LogP contribution is 2.37. The summed E-state index contributed by atoms with van der Waals surface area (Å²) >= 11 is 0. The number of nitriles is 1. The van der Waals surface area contributed by atoms with Crippen molar-refractivity contribution in [3.63, 3.8) is 0 Å². The molecule has 4 rings (SSSR count). The van der Waals surface area contributed by atoms with Gasteiger partial charge in [-0.1, -0.05) is 32.6 Å². The maximum absolute atomic E-state index is 12.8. The number of nitrogens with two attached hydrogens (primary N) is 1. The monoisotopic (exact) mass is 371 g/mol. The van der Waals surface area contributed by atoms with Crippen molar-refractivity contribution in [1.29, 1.82) is 5.26 Å². The van der Waals surface area contributed by atoms with Gasteiger partial charge in [0.1, 0.15) is 0 Å². The van der Waals surface area contributed by atoms with Crippen LogP contribution in [-0.2, 0) is 6.54 Å². The van der Waals surface area contributed by atoms with Crippen LogP contribution in [-0.4, -0.2) is 27.5 Å². The van der Waals surface area contributed by atoms with E-state index < -0.39 is 0 Å². The SMILES string of the molecule is C=C(C#N)CN1Cc2c(-c3ccc4[nH]nc(C(C)C)c4c3)ccc(N)c2C1=O. The molecule has 3 N–H and O–H groups in total. The summed E-state index contributed by atoms with van der Waals surface area (Å²) in [4.78, 5) is 14.5. The number of nitrogen functional groups attached to an aromatic ring is 1. The first-order chi connectivity index (χ1) is 13.4. The summed E-state index contributed by atoms with van der Waals surface area (Å²) in [6.07, 6.45) is 0. The Morgan fingerprint density at radius 1 is 1.39 bits per heavy atom. The van der Waals surface area contributed by atoms with Gasteiger partial charge in [-0.3, -0.25) is 9.89 Å². The molecule has 0 bridgehead atoms. The third-order valence-electron chi connectivity index (χ3n) is 5.19. The molecule has 0 spiro atoms. The van der Waals surface area contributed by atoms with Crippen molar-refractivity contribution >= 4 is 22.5 Å². The van der Waals surface area contributed by atoms with E-state index in [1.165, 1.54) is 0 Å². The molecule has 0 saturated heterocycles. The summed E-state index contributed by atoms with van der Waals surface area (Å²) in [5, 5.41) is 17.6. The third-order valence-corrected chi connectivity index (χ3v) is 5.19. The Hall–Kier alpha value is -3.59. The average molecular weight is 371 g/mol. The smallest absolute Gasteiger partial charge is 0.256 e. The molecule has 0 saturated carbocycles. The molecular weight excluding hydrogens is 350 g/mol. The lowest BCUT2D eigenvalue weighted by Crippen LogP contribution is -2.26. The zero-order valence-electron chi connectivity index (χ0n) is 15.9. The number of hydrogen-bond donors (Lipinski definition) is 2. The van der Waals surface area contributed by atoms with Crippen LogP contribution in [0, 0.1) is 11.3 Å². The van der Waals surface area contributed by atoms with Gasteiger partial charge in [-0.25, -0.2) is 0 Å². The van der Waals surface area contributed by atoms with Crippen molar-refractivity contribution in [3.05, 3.63) is 59.3 Å². The van der Waals surface area contributed by atoms with Gasteiger partial charge in [-0.2, -0.15) is 10.4 Å². The Morgan fingerprint density at radius 2 is 2.18 bits per heavy atom. The van der Waals surface area contributed by atoms with E-state index in [2.05, 4.69) is 36.7 Å². The first-order valence-corrected chi connectivity index (χ1v) is 9.17. The van der Waals surface area contributed by atoms with E-state index in [4.69, 9.17) is 11.0 Å². The van der Waals surface area contributed by atoms with E-state index in [1.807, 2.05) is 24.3 Å². The number of rotatable bonds is 4. The number of amides is 1. The molecule has 0 atom stereocenters. The Bertz CT molecular complexity index is 1170. The zero-order chi connectivity index (χ0) is 20.0. The summed E-state index contributed by atoms with van der Waals surface area (Å²) in [7, 11) is 0. The molecule has 1 aromatic heterocycles. The summed E-state index contributed by atoms with van der Waals surface area (Å²) in [5.74, 6) is 0.146. The van der Waals surface area contributed by atoms with Crippen LogP contribution in [0.1, 0.15) is 41.4 Å². The fourth-order valence-electron chi connectivity index (χ4n) is 3.81. The number of benzene rings is 2. The van der Waals surface area contributed by atoms with E-state index in [0.29, 0.717) is 29.3 Å². The van der Waals surface area contributed by atoms with E-state index >= 15 is 0 Å². The largest absolute Gasteiger partial charge is 0.398 e.